The predicted molar refractivity (Wildman–Crippen MR) is 57.6 cm³/mol. The topological polar surface area (TPSA) is 33.1 Å². The molecule has 78 valence electrons. The van der Waals surface area contributed by atoms with Gasteiger partial charge in [0.15, 0.2) is 0 Å². The maximum atomic E-state index is 4.54. The molecule has 2 heterocycles. The Bertz CT molecular complexity index is 297. The maximum absolute atomic E-state index is 4.54. The first-order chi connectivity index (χ1) is 6.77. The first-order valence-corrected chi connectivity index (χ1v) is 5.23. The van der Waals surface area contributed by atoms with Crippen molar-refractivity contribution in [3.05, 3.63) is 11.9 Å². The van der Waals surface area contributed by atoms with Gasteiger partial charge in [0.05, 0.1) is 5.69 Å². The van der Waals surface area contributed by atoms with Gasteiger partial charge in [-0.3, -0.25) is 0 Å². The van der Waals surface area contributed by atoms with Crippen molar-refractivity contribution >= 4 is 5.95 Å². The molecule has 0 amide bonds. The van der Waals surface area contributed by atoms with Gasteiger partial charge in [-0.05, 0) is 19.9 Å². The normalized spacial score (nSPS) is 18.3. The lowest BCUT2D eigenvalue weighted by molar-refractivity contribution is 0.724. The summed E-state index contributed by atoms with van der Waals surface area (Å²) in [4.78, 5) is 6.89. The maximum Gasteiger partial charge on any atom is 0.205 e. The number of aromatic nitrogens is 2. The molecular weight excluding hydrogens is 176 g/mol. The van der Waals surface area contributed by atoms with Crippen molar-refractivity contribution < 1.29 is 0 Å². The number of imidazole rings is 1. The van der Waals surface area contributed by atoms with Crippen molar-refractivity contribution in [2.24, 2.45) is 7.05 Å². The smallest absolute Gasteiger partial charge is 0.205 e. The molecule has 0 radical (unpaired) electrons. The van der Waals surface area contributed by atoms with Crippen molar-refractivity contribution in [3.8, 4) is 0 Å². The van der Waals surface area contributed by atoms with E-state index in [1.807, 2.05) is 6.92 Å². The number of aryl methyl sites for hydroxylation is 2. The molecule has 4 heteroatoms. The molecule has 14 heavy (non-hydrogen) atoms. The van der Waals surface area contributed by atoms with Gasteiger partial charge in [-0.15, -0.1) is 0 Å². The summed E-state index contributed by atoms with van der Waals surface area (Å²) < 4.78 is 2.11. The van der Waals surface area contributed by atoms with Crippen LogP contribution in [0.1, 0.15) is 12.1 Å². The Morgan fingerprint density at radius 2 is 2.21 bits per heavy atom. The quantitative estimate of drug-likeness (QED) is 0.708. The second-order valence-corrected chi connectivity index (χ2v) is 3.88. The van der Waals surface area contributed by atoms with Gasteiger partial charge in [-0.1, -0.05) is 0 Å². The van der Waals surface area contributed by atoms with E-state index in [0.29, 0.717) is 0 Å². The molecule has 0 spiro atoms. The van der Waals surface area contributed by atoms with Crippen molar-refractivity contribution in [1.82, 2.24) is 14.9 Å². The monoisotopic (exact) mass is 194 g/mol. The number of anilines is 1. The molecule has 1 aromatic rings. The highest BCUT2D eigenvalue weighted by atomic mass is 15.3. The van der Waals surface area contributed by atoms with E-state index in [9.17, 15) is 0 Å². The molecular formula is C10H18N4. The van der Waals surface area contributed by atoms with Crippen molar-refractivity contribution in [3.63, 3.8) is 0 Å². The zero-order chi connectivity index (χ0) is 9.97. The van der Waals surface area contributed by atoms with E-state index in [-0.39, 0.29) is 0 Å². The third-order valence-corrected chi connectivity index (χ3v) is 2.60. The lowest BCUT2D eigenvalue weighted by atomic mass is 10.4. The zero-order valence-corrected chi connectivity index (χ0v) is 8.95. The van der Waals surface area contributed by atoms with Crippen LogP contribution >= 0.6 is 0 Å². The molecule has 1 aliphatic rings. The Morgan fingerprint density at radius 1 is 1.36 bits per heavy atom. The summed E-state index contributed by atoms with van der Waals surface area (Å²) in [5.41, 5.74) is 1.10. The van der Waals surface area contributed by atoms with E-state index in [4.69, 9.17) is 0 Å². The number of rotatable bonds is 1. The van der Waals surface area contributed by atoms with Gasteiger partial charge < -0.3 is 14.8 Å². The highest BCUT2D eigenvalue weighted by Crippen LogP contribution is 2.13. The summed E-state index contributed by atoms with van der Waals surface area (Å²) in [7, 11) is 2.06. The summed E-state index contributed by atoms with van der Waals surface area (Å²) in [5, 5.41) is 3.39. The summed E-state index contributed by atoms with van der Waals surface area (Å²) in [6, 6.07) is 0. The largest absolute Gasteiger partial charge is 0.341 e. The summed E-state index contributed by atoms with van der Waals surface area (Å²) in [6.07, 6.45) is 3.28. The number of hydrogen-bond donors (Lipinski definition) is 1. The van der Waals surface area contributed by atoms with Gasteiger partial charge in [0.1, 0.15) is 0 Å². The van der Waals surface area contributed by atoms with E-state index in [1.54, 1.807) is 0 Å². The first kappa shape index (κ1) is 9.52. The van der Waals surface area contributed by atoms with Gasteiger partial charge >= 0.3 is 0 Å². The van der Waals surface area contributed by atoms with Crippen LogP contribution in [-0.4, -0.2) is 35.7 Å². The molecule has 1 N–H and O–H groups in total. The first-order valence-electron chi connectivity index (χ1n) is 5.23. The SMILES string of the molecule is Cc1cn(C)c(N2CCCNCC2)n1. The van der Waals surface area contributed by atoms with E-state index in [0.717, 1.165) is 37.8 Å². The van der Waals surface area contributed by atoms with Crippen molar-refractivity contribution in [1.29, 1.82) is 0 Å². The minimum atomic E-state index is 1.06. The summed E-state index contributed by atoms with van der Waals surface area (Å²) in [5.74, 6) is 1.10. The summed E-state index contributed by atoms with van der Waals surface area (Å²) in [6.45, 7) is 6.40. The van der Waals surface area contributed by atoms with Gasteiger partial charge in [-0.25, -0.2) is 4.98 Å². The molecule has 1 aromatic heterocycles. The van der Waals surface area contributed by atoms with Gasteiger partial charge in [0.25, 0.3) is 0 Å². The van der Waals surface area contributed by atoms with Gasteiger partial charge in [0.2, 0.25) is 5.95 Å². The van der Waals surface area contributed by atoms with Crippen LogP contribution in [-0.2, 0) is 7.05 Å². The Balaban J connectivity index is 2.15. The van der Waals surface area contributed by atoms with Crippen molar-refractivity contribution in [2.75, 3.05) is 31.1 Å². The average molecular weight is 194 g/mol. The molecule has 4 nitrogen and oxygen atoms in total. The Labute approximate surface area is 84.9 Å². The Kier molecular flexibility index (Phi) is 2.72. The molecule has 0 atom stereocenters. The standard InChI is InChI=1S/C10H18N4/c1-9-8-13(2)10(12-9)14-6-3-4-11-5-7-14/h8,11H,3-7H2,1-2H3. The Morgan fingerprint density at radius 3 is 2.93 bits per heavy atom. The molecule has 1 fully saturated rings. The second kappa shape index (κ2) is 4.00. The van der Waals surface area contributed by atoms with Crippen LogP contribution in [0, 0.1) is 6.92 Å². The fraction of sp³-hybridized carbons (Fsp3) is 0.700. The molecule has 0 bridgehead atoms. The zero-order valence-electron chi connectivity index (χ0n) is 8.95. The van der Waals surface area contributed by atoms with Gasteiger partial charge in [-0.2, -0.15) is 0 Å². The number of nitrogens with zero attached hydrogens (tertiary/aromatic N) is 3. The fourth-order valence-corrected chi connectivity index (χ4v) is 1.94. The van der Waals surface area contributed by atoms with Crippen LogP contribution in [0.5, 0.6) is 0 Å². The van der Waals surface area contributed by atoms with E-state index in [2.05, 4.69) is 33.0 Å². The lowest BCUT2D eigenvalue weighted by Crippen LogP contribution is -2.29. The van der Waals surface area contributed by atoms with Crippen LogP contribution in [0.2, 0.25) is 0 Å². The highest BCUT2D eigenvalue weighted by Gasteiger charge is 2.13. The van der Waals surface area contributed by atoms with E-state index >= 15 is 0 Å². The molecule has 1 aliphatic heterocycles. The molecule has 0 aromatic carbocycles. The molecule has 1 saturated heterocycles. The molecule has 2 rings (SSSR count). The van der Waals surface area contributed by atoms with Crippen molar-refractivity contribution in [2.45, 2.75) is 13.3 Å². The van der Waals surface area contributed by atoms with E-state index in [1.165, 1.54) is 6.42 Å². The second-order valence-electron chi connectivity index (χ2n) is 3.88. The number of nitrogens with one attached hydrogen (secondary N) is 1. The van der Waals surface area contributed by atoms with Crippen LogP contribution in [0.25, 0.3) is 0 Å². The molecule has 0 unspecified atom stereocenters. The molecule has 0 saturated carbocycles. The minimum Gasteiger partial charge on any atom is -0.341 e. The van der Waals surface area contributed by atoms with Crippen LogP contribution < -0.4 is 10.2 Å². The van der Waals surface area contributed by atoms with Gasteiger partial charge in [0, 0.05) is 32.9 Å². The highest BCUT2D eigenvalue weighted by molar-refractivity contribution is 5.33. The summed E-state index contributed by atoms with van der Waals surface area (Å²) >= 11 is 0. The predicted octanol–water partition coefficient (Wildman–Crippen LogP) is 0.528. The van der Waals surface area contributed by atoms with Crippen LogP contribution in [0.15, 0.2) is 6.20 Å². The average Bonchev–Trinajstić information content (AvgIpc) is 2.43. The fourth-order valence-electron chi connectivity index (χ4n) is 1.94. The van der Waals surface area contributed by atoms with Crippen LogP contribution in [0.3, 0.4) is 0 Å². The minimum absolute atomic E-state index is 1.06. The lowest BCUT2D eigenvalue weighted by Gasteiger charge is -2.20. The van der Waals surface area contributed by atoms with Crippen LogP contribution in [0.4, 0.5) is 5.95 Å². The Hall–Kier alpha value is -1.03. The third-order valence-electron chi connectivity index (χ3n) is 2.60. The molecule has 0 aliphatic carbocycles. The van der Waals surface area contributed by atoms with E-state index < -0.39 is 0 Å². The third kappa shape index (κ3) is 1.90. The number of hydrogen-bond acceptors (Lipinski definition) is 3.